The molecule has 2 N–H and O–H groups in total. The lowest BCUT2D eigenvalue weighted by molar-refractivity contribution is 0.194. The number of hydrogen-bond acceptors (Lipinski definition) is 2. The van der Waals surface area contributed by atoms with Gasteiger partial charge in [0, 0.05) is 24.2 Å². The van der Waals surface area contributed by atoms with E-state index < -0.39 is 0 Å². The van der Waals surface area contributed by atoms with Crippen molar-refractivity contribution in [2.75, 3.05) is 23.7 Å². The van der Waals surface area contributed by atoms with Crippen molar-refractivity contribution >= 4 is 11.4 Å². The molecule has 2 nitrogen and oxygen atoms in total. The monoisotopic (exact) mass is 222 g/mol. The van der Waals surface area contributed by atoms with Gasteiger partial charge in [-0.2, -0.15) is 0 Å². The van der Waals surface area contributed by atoms with Crippen LogP contribution in [0.2, 0.25) is 0 Å². The van der Waals surface area contributed by atoms with Crippen molar-refractivity contribution in [2.24, 2.45) is 5.41 Å². The van der Waals surface area contributed by atoms with E-state index in [2.05, 4.69) is 18.7 Å². The first-order chi connectivity index (χ1) is 7.60. The second-order valence-corrected chi connectivity index (χ2v) is 4.77. The van der Waals surface area contributed by atoms with E-state index in [4.69, 9.17) is 5.73 Å². The molecule has 0 bridgehead atoms. The summed E-state index contributed by atoms with van der Waals surface area (Å²) >= 11 is 0. The standard InChI is InChI=1S/C13H19FN2/c1-3-13(4-2)8-16(9-13)10-5-6-11(14)12(15)7-10/h5-7H,3-4,8-9,15H2,1-2H3. The van der Waals surface area contributed by atoms with Crippen molar-refractivity contribution in [1.29, 1.82) is 0 Å². The zero-order valence-corrected chi connectivity index (χ0v) is 9.96. The minimum absolute atomic E-state index is 0.239. The number of anilines is 2. The number of halogens is 1. The number of benzene rings is 1. The van der Waals surface area contributed by atoms with Crippen LogP contribution in [0.25, 0.3) is 0 Å². The SMILES string of the molecule is CCC1(CC)CN(c2ccc(F)c(N)c2)C1. The van der Waals surface area contributed by atoms with E-state index in [0.717, 1.165) is 18.8 Å². The van der Waals surface area contributed by atoms with Gasteiger partial charge in [-0.3, -0.25) is 0 Å². The van der Waals surface area contributed by atoms with Gasteiger partial charge in [0.2, 0.25) is 0 Å². The molecule has 0 spiro atoms. The fraction of sp³-hybridized carbons (Fsp3) is 0.538. The molecule has 88 valence electrons. The summed E-state index contributed by atoms with van der Waals surface area (Å²) in [7, 11) is 0. The number of nitrogens with zero attached hydrogens (tertiary/aromatic N) is 1. The zero-order chi connectivity index (χ0) is 11.8. The molecular formula is C13H19FN2. The van der Waals surface area contributed by atoms with Gasteiger partial charge >= 0.3 is 0 Å². The molecule has 1 saturated heterocycles. The van der Waals surface area contributed by atoms with Gasteiger partial charge in [0.05, 0.1) is 5.69 Å². The van der Waals surface area contributed by atoms with Gasteiger partial charge < -0.3 is 10.6 Å². The van der Waals surface area contributed by atoms with Gasteiger partial charge in [0.25, 0.3) is 0 Å². The van der Waals surface area contributed by atoms with Gasteiger partial charge in [-0.15, -0.1) is 0 Å². The van der Waals surface area contributed by atoms with E-state index >= 15 is 0 Å². The van der Waals surface area contributed by atoms with Crippen LogP contribution in [-0.2, 0) is 0 Å². The topological polar surface area (TPSA) is 29.3 Å². The number of nitrogens with two attached hydrogens (primary N) is 1. The molecule has 0 saturated carbocycles. The molecule has 16 heavy (non-hydrogen) atoms. The van der Waals surface area contributed by atoms with Gasteiger partial charge in [-0.05, 0) is 31.0 Å². The average Bonchev–Trinajstić information content (AvgIpc) is 2.23. The van der Waals surface area contributed by atoms with Crippen LogP contribution in [0, 0.1) is 11.2 Å². The number of rotatable bonds is 3. The van der Waals surface area contributed by atoms with Crippen molar-refractivity contribution in [1.82, 2.24) is 0 Å². The van der Waals surface area contributed by atoms with Gasteiger partial charge in [0.15, 0.2) is 0 Å². The van der Waals surface area contributed by atoms with Crippen molar-refractivity contribution < 1.29 is 4.39 Å². The van der Waals surface area contributed by atoms with Crippen LogP contribution in [0.5, 0.6) is 0 Å². The smallest absolute Gasteiger partial charge is 0.146 e. The summed E-state index contributed by atoms with van der Waals surface area (Å²) in [6.45, 7) is 6.59. The third-order valence-corrected chi connectivity index (χ3v) is 3.90. The molecule has 3 heteroatoms. The van der Waals surface area contributed by atoms with Crippen LogP contribution < -0.4 is 10.6 Å². The molecule has 0 aliphatic carbocycles. The first kappa shape index (κ1) is 11.2. The van der Waals surface area contributed by atoms with E-state index in [0.29, 0.717) is 5.41 Å². The van der Waals surface area contributed by atoms with Crippen molar-refractivity contribution in [3.63, 3.8) is 0 Å². The number of nitrogen functional groups attached to an aromatic ring is 1. The summed E-state index contributed by atoms with van der Waals surface area (Å²) in [5.41, 5.74) is 7.31. The molecule has 0 unspecified atom stereocenters. The molecule has 0 radical (unpaired) electrons. The van der Waals surface area contributed by atoms with Gasteiger partial charge in [-0.25, -0.2) is 4.39 Å². The highest BCUT2D eigenvalue weighted by molar-refractivity contribution is 5.58. The highest BCUT2D eigenvalue weighted by Crippen LogP contribution is 2.40. The Kier molecular flexibility index (Phi) is 2.78. The van der Waals surface area contributed by atoms with Crippen LogP contribution in [-0.4, -0.2) is 13.1 Å². The van der Waals surface area contributed by atoms with E-state index in [-0.39, 0.29) is 11.5 Å². The Labute approximate surface area is 96.2 Å². The van der Waals surface area contributed by atoms with Crippen LogP contribution in [0.4, 0.5) is 15.8 Å². The molecule has 0 amide bonds. The second kappa shape index (κ2) is 3.96. The highest BCUT2D eigenvalue weighted by Gasteiger charge is 2.39. The predicted octanol–water partition coefficient (Wildman–Crippen LogP) is 3.03. The Morgan fingerprint density at radius 3 is 2.44 bits per heavy atom. The van der Waals surface area contributed by atoms with Gasteiger partial charge in [-0.1, -0.05) is 13.8 Å². The summed E-state index contributed by atoms with van der Waals surface area (Å²) in [5.74, 6) is -0.332. The molecule has 0 aromatic heterocycles. The average molecular weight is 222 g/mol. The van der Waals surface area contributed by atoms with Crippen molar-refractivity contribution in [2.45, 2.75) is 26.7 Å². The third-order valence-electron chi connectivity index (χ3n) is 3.90. The molecule has 1 aliphatic rings. The fourth-order valence-corrected chi connectivity index (χ4v) is 2.37. The summed E-state index contributed by atoms with van der Waals surface area (Å²) in [5, 5.41) is 0. The maximum Gasteiger partial charge on any atom is 0.146 e. The minimum Gasteiger partial charge on any atom is -0.396 e. The lowest BCUT2D eigenvalue weighted by Gasteiger charge is -2.51. The lowest BCUT2D eigenvalue weighted by atomic mass is 9.75. The van der Waals surface area contributed by atoms with E-state index in [1.807, 2.05) is 0 Å². The quantitative estimate of drug-likeness (QED) is 0.796. The van der Waals surface area contributed by atoms with Crippen LogP contribution >= 0.6 is 0 Å². The van der Waals surface area contributed by atoms with E-state index in [9.17, 15) is 4.39 Å². The maximum absolute atomic E-state index is 13.0. The van der Waals surface area contributed by atoms with Crippen LogP contribution in [0.3, 0.4) is 0 Å². The van der Waals surface area contributed by atoms with Gasteiger partial charge in [0.1, 0.15) is 5.82 Å². The third kappa shape index (κ3) is 1.75. The molecule has 1 heterocycles. The zero-order valence-electron chi connectivity index (χ0n) is 9.96. The molecule has 1 aliphatic heterocycles. The predicted molar refractivity (Wildman–Crippen MR) is 66.0 cm³/mol. The molecule has 1 fully saturated rings. The Morgan fingerprint density at radius 1 is 1.31 bits per heavy atom. The Morgan fingerprint density at radius 2 is 1.94 bits per heavy atom. The number of hydrogen-bond donors (Lipinski definition) is 1. The molecular weight excluding hydrogens is 203 g/mol. The Balaban J connectivity index is 2.09. The fourth-order valence-electron chi connectivity index (χ4n) is 2.37. The van der Waals surface area contributed by atoms with Crippen LogP contribution in [0.1, 0.15) is 26.7 Å². The van der Waals surface area contributed by atoms with Crippen molar-refractivity contribution in [3.8, 4) is 0 Å². The maximum atomic E-state index is 13.0. The summed E-state index contributed by atoms with van der Waals surface area (Å²) in [4.78, 5) is 2.27. The second-order valence-electron chi connectivity index (χ2n) is 4.77. The summed E-state index contributed by atoms with van der Waals surface area (Å²) < 4.78 is 13.0. The Hall–Kier alpha value is -1.25. The largest absolute Gasteiger partial charge is 0.396 e. The summed E-state index contributed by atoms with van der Waals surface area (Å²) in [6.07, 6.45) is 2.41. The lowest BCUT2D eigenvalue weighted by Crippen LogP contribution is -2.55. The first-order valence-corrected chi connectivity index (χ1v) is 5.90. The molecule has 2 rings (SSSR count). The Bertz CT molecular complexity index is 378. The molecule has 1 aromatic rings. The van der Waals surface area contributed by atoms with E-state index in [1.165, 1.54) is 18.9 Å². The van der Waals surface area contributed by atoms with E-state index in [1.54, 1.807) is 12.1 Å². The summed E-state index contributed by atoms with van der Waals surface area (Å²) in [6, 6.07) is 4.98. The normalized spacial score (nSPS) is 18.3. The van der Waals surface area contributed by atoms with Crippen LogP contribution in [0.15, 0.2) is 18.2 Å². The minimum atomic E-state index is -0.332. The van der Waals surface area contributed by atoms with Crippen molar-refractivity contribution in [3.05, 3.63) is 24.0 Å². The molecule has 1 aromatic carbocycles. The first-order valence-electron chi connectivity index (χ1n) is 5.90. The highest BCUT2D eigenvalue weighted by atomic mass is 19.1. The molecule has 0 atom stereocenters.